The number of sulfonamides is 1. The van der Waals surface area contributed by atoms with Crippen molar-refractivity contribution in [1.29, 1.82) is 0 Å². The minimum Gasteiger partial charge on any atom is -0.379 e. The van der Waals surface area contributed by atoms with Gasteiger partial charge in [-0.3, -0.25) is 9.69 Å². The Balaban J connectivity index is 1.60. The first-order valence-corrected chi connectivity index (χ1v) is 14.1. The Morgan fingerprint density at radius 1 is 0.973 bits per heavy atom. The number of rotatable bonds is 10. The van der Waals surface area contributed by atoms with E-state index in [4.69, 9.17) is 16.3 Å². The molecule has 1 amide bonds. The van der Waals surface area contributed by atoms with E-state index in [1.54, 1.807) is 24.3 Å². The highest BCUT2D eigenvalue weighted by molar-refractivity contribution is 7.89. The summed E-state index contributed by atoms with van der Waals surface area (Å²) in [4.78, 5) is 15.5. The third-order valence-electron chi connectivity index (χ3n) is 6.47. The van der Waals surface area contributed by atoms with Crippen LogP contribution in [0.25, 0.3) is 0 Å². The van der Waals surface area contributed by atoms with Gasteiger partial charge in [0, 0.05) is 38.2 Å². The van der Waals surface area contributed by atoms with Gasteiger partial charge in [-0.15, -0.1) is 0 Å². The summed E-state index contributed by atoms with van der Waals surface area (Å²) in [5.74, 6) is -0.399. The summed E-state index contributed by atoms with van der Waals surface area (Å²) in [7, 11) is -2.51. The molecule has 0 radical (unpaired) electrons. The fraction of sp³-hybridized carbons (Fsp3) is 0.321. The van der Waals surface area contributed by atoms with E-state index in [1.165, 1.54) is 41.2 Å². The first-order chi connectivity index (χ1) is 17.9. The second-order valence-corrected chi connectivity index (χ2v) is 11.3. The number of nitrogens with one attached hydrogen (secondary N) is 1. The molecule has 0 bridgehead atoms. The topological polar surface area (TPSA) is 79.0 Å². The van der Waals surface area contributed by atoms with Crippen LogP contribution in [-0.4, -0.2) is 63.4 Å². The molecule has 9 heteroatoms. The van der Waals surface area contributed by atoms with Crippen molar-refractivity contribution >= 4 is 27.5 Å². The van der Waals surface area contributed by atoms with E-state index >= 15 is 0 Å². The molecule has 1 N–H and O–H groups in total. The Labute approximate surface area is 224 Å². The maximum absolute atomic E-state index is 13.9. The van der Waals surface area contributed by atoms with Crippen molar-refractivity contribution in [3.05, 3.63) is 101 Å². The molecule has 0 spiro atoms. The second kappa shape index (κ2) is 12.7. The third-order valence-corrected chi connectivity index (χ3v) is 8.60. The molecule has 1 aliphatic heterocycles. The fourth-order valence-electron chi connectivity index (χ4n) is 4.42. The molecule has 1 unspecified atom stereocenters. The Bertz CT molecular complexity index is 1260. The molecule has 1 fully saturated rings. The number of carbonyl (C=O) groups excluding carboxylic acids is 1. The van der Waals surface area contributed by atoms with Gasteiger partial charge in [-0.05, 0) is 47.4 Å². The van der Waals surface area contributed by atoms with Gasteiger partial charge in [-0.25, -0.2) is 8.42 Å². The molecule has 37 heavy (non-hydrogen) atoms. The van der Waals surface area contributed by atoms with Crippen LogP contribution in [0.1, 0.15) is 22.7 Å². The third kappa shape index (κ3) is 6.97. The van der Waals surface area contributed by atoms with Crippen molar-refractivity contribution in [3.63, 3.8) is 0 Å². The summed E-state index contributed by atoms with van der Waals surface area (Å²) in [5, 5.41) is 3.08. The summed E-state index contributed by atoms with van der Waals surface area (Å²) in [6.45, 7) is 4.32. The van der Waals surface area contributed by atoms with Crippen LogP contribution in [0.2, 0.25) is 5.02 Å². The molecule has 1 saturated heterocycles. The van der Waals surface area contributed by atoms with E-state index < -0.39 is 22.0 Å². The zero-order valence-electron chi connectivity index (χ0n) is 20.8. The van der Waals surface area contributed by atoms with E-state index in [9.17, 15) is 13.2 Å². The predicted molar refractivity (Wildman–Crippen MR) is 145 cm³/mol. The number of nitrogens with zero attached hydrogens (tertiary/aromatic N) is 2. The minimum atomic E-state index is -4.02. The van der Waals surface area contributed by atoms with E-state index in [0.717, 1.165) is 38.4 Å². The molecule has 7 nitrogen and oxygen atoms in total. The number of benzene rings is 3. The number of ether oxygens (including phenoxy) is 1. The van der Waals surface area contributed by atoms with Crippen LogP contribution in [0.3, 0.4) is 0 Å². The summed E-state index contributed by atoms with van der Waals surface area (Å²) in [5.41, 5.74) is 2.79. The molecule has 0 aromatic heterocycles. The lowest BCUT2D eigenvalue weighted by Crippen LogP contribution is -2.43. The van der Waals surface area contributed by atoms with E-state index in [0.29, 0.717) is 17.0 Å². The van der Waals surface area contributed by atoms with Gasteiger partial charge >= 0.3 is 0 Å². The van der Waals surface area contributed by atoms with Gasteiger partial charge in [-0.2, -0.15) is 4.31 Å². The quantitative estimate of drug-likeness (QED) is 0.421. The molecular formula is C28H32ClN3O4S. The SMILES string of the molecule is CNC(=O)C(c1ccccc1)N(CCc1ccc(CN2CCOCC2)cc1)S(=O)(=O)c1ccc(Cl)cc1. The van der Waals surface area contributed by atoms with Crippen LogP contribution in [-0.2, 0) is 32.5 Å². The lowest BCUT2D eigenvalue weighted by molar-refractivity contribution is -0.124. The van der Waals surface area contributed by atoms with Crippen molar-refractivity contribution in [2.45, 2.75) is 23.9 Å². The smallest absolute Gasteiger partial charge is 0.244 e. The van der Waals surface area contributed by atoms with Crippen molar-refractivity contribution in [2.24, 2.45) is 0 Å². The average molecular weight is 542 g/mol. The first-order valence-electron chi connectivity index (χ1n) is 12.3. The second-order valence-electron chi connectivity index (χ2n) is 8.95. The monoisotopic (exact) mass is 541 g/mol. The van der Waals surface area contributed by atoms with Crippen molar-refractivity contribution in [3.8, 4) is 0 Å². The molecule has 3 aromatic rings. The molecule has 196 valence electrons. The molecule has 1 atom stereocenters. The van der Waals surface area contributed by atoms with Gasteiger partial charge in [-0.1, -0.05) is 66.2 Å². The van der Waals surface area contributed by atoms with Crippen molar-refractivity contribution < 1.29 is 17.9 Å². The molecule has 1 heterocycles. The maximum atomic E-state index is 13.9. The van der Waals surface area contributed by atoms with Crippen LogP contribution in [0.4, 0.5) is 0 Å². The number of likely N-dealkylation sites (N-methyl/N-ethyl adjacent to an activating group) is 1. The Kier molecular flexibility index (Phi) is 9.34. The van der Waals surface area contributed by atoms with Gasteiger partial charge in [0.1, 0.15) is 6.04 Å². The van der Waals surface area contributed by atoms with Crippen LogP contribution in [0.5, 0.6) is 0 Å². The predicted octanol–water partition coefficient (Wildman–Crippen LogP) is 3.89. The fourth-order valence-corrected chi connectivity index (χ4v) is 6.12. The number of amides is 1. The lowest BCUT2D eigenvalue weighted by atomic mass is 10.0. The van der Waals surface area contributed by atoms with E-state index in [1.807, 2.05) is 18.2 Å². The molecule has 0 saturated carbocycles. The normalized spacial score (nSPS) is 15.4. The van der Waals surface area contributed by atoms with Gasteiger partial charge in [0.25, 0.3) is 0 Å². The number of hydrogen-bond donors (Lipinski definition) is 1. The number of morpholine rings is 1. The van der Waals surface area contributed by atoms with Crippen LogP contribution >= 0.6 is 11.6 Å². The largest absolute Gasteiger partial charge is 0.379 e. The highest BCUT2D eigenvalue weighted by atomic mass is 35.5. The van der Waals surface area contributed by atoms with Gasteiger partial charge in [0.05, 0.1) is 18.1 Å². The molecular weight excluding hydrogens is 510 g/mol. The van der Waals surface area contributed by atoms with Gasteiger partial charge in [0.15, 0.2) is 0 Å². The number of halogens is 1. The molecule has 4 rings (SSSR count). The summed E-state index contributed by atoms with van der Waals surface area (Å²) in [6, 6.07) is 22.2. The molecule has 0 aliphatic carbocycles. The van der Waals surface area contributed by atoms with Gasteiger partial charge < -0.3 is 10.1 Å². The summed E-state index contributed by atoms with van der Waals surface area (Å²) >= 11 is 6.01. The Morgan fingerprint density at radius 3 is 2.22 bits per heavy atom. The maximum Gasteiger partial charge on any atom is 0.244 e. The molecule has 3 aromatic carbocycles. The number of carbonyl (C=O) groups is 1. The number of hydrogen-bond acceptors (Lipinski definition) is 5. The van der Waals surface area contributed by atoms with Crippen molar-refractivity contribution in [1.82, 2.24) is 14.5 Å². The Hall–Kier alpha value is -2.75. The van der Waals surface area contributed by atoms with Crippen LogP contribution < -0.4 is 5.32 Å². The van der Waals surface area contributed by atoms with E-state index in [2.05, 4.69) is 22.3 Å². The van der Waals surface area contributed by atoms with E-state index in [-0.39, 0.29) is 11.4 Å². The highest BCUT2D eigenvalue weighted by Crippen LogP contribution is 2.29. The summed E-state index contributed by atoms with van der Waals surface area (Å²) in [6.07, 6.45) is 0.449. The average Bonchev–Trinajstić information content (AvgIpc) is 2.92. The first kappa shape index (κ1) is 27.3. The summed E-state index contributed by atoms with van der Waals surface area (Å²) < 4.78 is 34.4. The van der Waals surface area contributed by atoms with Crippen molar-refractivity contribution in [2.75, 3.05) is 39.9 Å². The Morgan fingerprint density at radius 2 is 1.59 bits per heavy atom. The zero-order chi connectivity index (χ0) is 26.3. The zero-order valence-corrected chi connectivity index (χ0v) is 22.4. The van der Waals surface area contributed by atoms with Gasteiger partial charge in [0.2, 0.25) is 15.9 Å². The molecule has 1 aliphatic rings. The minimum absolute atomic E-state index is 0.0857. The standard InChI is InChI=1S/C28H32ClN3O4S/c1-30-28(33)27(24-5-3-2-4-6-24)32(37(34,35)26-13-11-25(29)12-14-26)16-15-22-7-9-23(10-8-22)21-31-17-19-36-20-18-31/h2-14,27H,15-21H2,1H3,(H,30,33). The van der Waals surface area contributed by atoms with Crippen LogP contribution in [0, 0.1) is 0 Å². The highest BCUT2D eigenvalue weighted by Gasteiger charge is 2.36. The lowest BCUT2D eigenvalue weighted by Gasteiger charge is -2.30. The van der Waals surface area contributed by atoms with Crippen LogP contribution in [0.15, 0.2) is 83.8 Å².